The summed E-state index contributed by atoms with van der Waals surface area (Å²) < 4.78 is 7.17. The van der Waals surface area contributed by atoms with Gasteiger partial charge in [-0.3, -0.25) is 9.78 Å². The molecule has 0 saturated heterocycles. The second-order valence-corrected chi connectivity index (χ2v) is 7.02. The van der Waals surface area contributed by atoms with Crippen LogP contribution in [0.5, 0.6) is 5.75 Å². The Balaban J connectivity index is 2.02. The summed E-state index contributed by atoms with van der Waals surface area (Å²) in [4.78, 5) is 21.8. The van der Waals surface area contributed by atoms with Gasteiger partial charge in [-0.2, -0.15) is 10.1 Å². The predicted octanol–water partition coefficient (Wildman–Crippen LogP) is 2.52. The van der Waals surface area contributed by atoms with E-state index in [1.165, 1.54) is 0 Å². The lowest BCUT2D eigenvalue weighted by Crippen LogP contribution is -2.26. The standard InChI is InChI=1S/C18H23N5O2/c1-18(2,3)23-15-13(10-19-23)16(24)21-17(20-15)22(4)11-12-8-6-7-9-14(12)25-5/h6-10H,11H2,1-5H3,(H,20,21,24). The van der Waals surface area contributed by atoms with Crippen LogP contribution < -0.4 is 15.2 Å². The maximum Gasteiger partial charge on any atom is 0.263 e. The number of fused-ring (bicyclic) bond motifs is 1. The summed E-state index contributed by atoms with van der Waals surface area (Å²) in [5.74, 6) is 1.30. The summed E-state index contributed by atoms with van der Waals surface area (Å²) in [5.41, 5.74) is 1.14. The fraction of sp³-hybridized carbons (Fsp3) is 0.389. The van der Waals surface area contributed by atoms with Crippen molar-refractivity contribution in [3.8, 4) is 5.75 Å². The topological polar surface area (TPSA) is 76.0 Å². The van der Waals surface area contributed by atoms with E-state index in [0.717, 1.165) is 11.3 Å². The quantitative estimate of drug-likeness (QED) is 0.789. The molecule has 3 aromatic rings. The van der Waals surface area contributed by atoms with E-state index in [2.05, 4.69) is 15.1 Å². The Morgan fingerprint density at radius 3 is 2.68 bits per heavy atom. The third kappa shape index (κ3) is 3.22. The molecule has 0 spiro atoms. The van der Waals surface area contributed by atoms with Crippen LogP contribution in [0, 0.1) is 0 Å². The molecule has 2 heterocycles. The van der Waals surface area contributed by atoms with Gasteiger partial charge in [0.05, 0.1) is 18.8 Å². The first kappa shape index (κ1) is 17.0. The molecule has 132 valence electrons. The molecule has 0 aliphatic heterocycles. The molecule has 25 heavy (non-hydrogen) atoms. The molecule has 1 aromatic carbocycles. The third-order valence-electron chi connectivity index (χ3n) is 4.02. The second-order valence-electron chi connectivity index (χ2n) is 7.02. The highest BCUT2D eigenvalue weighted by Gasteiger charge is 2.20. The average Bonchev–Trinajstić information content (AvgIpc) is 3.00. The van der Waals surface area contributed by atoms with Crippen molar-refractivity contribution in [3.05, 3.63) is 46.4 Å². The Labute approximate surface area is 146 Å². The van der Waals surface area contributed by atoms with Crippen molar-refractivity contribution in [2.24, 2.45) is 0 Å². The van der Waals surface area contributed by atoms with Gasteiger partial charge in [-0.05, 0) is 26.8 Å². The monoisotopic (exact) mass is 341 g/mol. The van der Waals surface area contributed by atoms with Gasteiger partial charge in [-0.15, -0.1) is 0 Å². The zero-order valence-electron chi connectivity index (χ0n) is 15.2. The van der Waals surface area contributed by atoms with Crippen molar-refractivity contribution >= 4 is 17.0 Å². The van der Waals surface area contributed by atoms with Crippen LogP contribution in [0.2, 0.25) is 0 Å². The molecule has 3 rings (SSSR count). The van der Waals surface area contributed by atoms with Gasteiger partial charge >= 0.3 is 0 Å². The number of aromatic amines is 1. The van der Waals surface area contributed by atoms with E-state index in [1.54, 1.807) is 18.0 Å². The van der Waals surface area contributed by atoms with E-state index in [9.17, 15) is 4.79 Å². The Kier molecular flexibility index (Phi) is 4.24. The van der Waals surface area contributed by atoms with Gasteiger partial charge in [0.2, 0.25) is 5.95 Å². The number of rotatable bonds is 4. The van der Waals surface area contributed by atoms with Crippen molar-refractivity contribution in [1.82, 2.24) is 19.7 Å². The summed E-state index contributed by atoms with van der Waals surface area (Å²) >= 11 is 0. The summed E-state index contributed by atoms with van der Waals surface area (Å²) in [6, 6.07) is 7.79. The first-order chi connectivity index (χ1) is 11.8. The Morgan fingerprint density at radius 1 is 1.28 bits per heavy atom. The summed E-state index contributed by atoms with van der Waals surface area (Å²) in [6.07, 6.45) is 1.57. The number of hydrogen-bond donors (Lipinski definition) is 1. The van der Waals surface area contributed by atoms with Crippen LogP contribution in [0.4, 0.5) is 5.95 Å². The second kappa shape index (κ2) is 6.23. The molecule has 0 saturated carbocycles. The van der Waals surface area contributed by atoms with E-state index in [1.807, 2.05) is 57.0 Å². The van der Waals surface area contributed by atoms with Crippen molar-refractivity contribution in [2.75, 3.05) is 19.1 Å². The number of para-hydroxylation sites is 1. The molecule has 0 fully saturated rings. The van der Waals surface area contributed by atoms with E-state index in [-0.39, 0.29) is 11.1 Å². The number of benzene rings is 1. The van der Waals surface area contributed by atoms with Crippen molar-refractivity contribution in [3.63, 3.8) is 0 Å². The summed E-state index contributed by atoms with van der Waals surface area (Å²) in [6.45, 7) is 6.64. The lowest BCUT2D eigenvalue weighted by Gasteiger charge is -2.22. The summed E-state index contributed by atoms with van der Waals surface area (Å²) in [5, 5.41) is 4.83. The zero-order valence-corrected chi connectivity index (χ0v) is 15.2. The van der Waals surface area contributed by atoms with Gasteiger partial charge in [0, 0.05) is 19.2 Å². The van der Waals surface area contributed by atoms with Crippen LogP contribution in [0.25, 0.3) is 11.0 Å². The highest BCUT2D eigenvalue weighted by atomic mass is 16.5. The molecule has 0 atom stereocenters. The number of nitrogens with zero attached hydrogens (tertiary/aromatic N) is 4. The number of aromatic nitrogens is 4. The lowest BCUT2D eigenvalue weighted by molar-refractivity contribution is 0.366. The number of methoxy groups -OCH3 is 1. The molecule has 2 aromatic heterocycles. The van der Waals surface area contributed by atoms with E-state index < -0.39 is 0 Å². The van der Waals surface area contributed by atoms with Crippen LogP contribution >= 0.6 is 0 Å². The van der Waals surface area contributed by atoms with Crippen LogP contribution in [0.15, 0.2) is 35.3 Å². The average molecular weight is 341 g/mol. The fourth-order valence-electron chi connectivity index (χ4n) is 2.74. The van der Waals surface area contributed by atoms with E-state index in [0.29, 0.717) is 23.5 Å². The highest BCUT2D eigenvalue weighted by molar-refractivity contribution is 5.74. The molecule has 0 unspecified atom stereocenters. The smallest absolute Gasteiger partial charge is 0.263 e. The van der Waals surface area contributed by atoms with Crippen molar-refractivity contribution in [1.29, 1.82) is 0 Å². The van der Waals surface area contributed by atoms with Crippen molar-refractivity contribution < 1.29 is 4.74 Å². The van der Waals surface area contributed by atoms with Gasteiger partial charge in [0.15, 0.2) is 5.65 Å². The van der Waals surface area contributed by atoms with Gasteiger partial charge in [-0.1, -0.05) is 18.2 Å². The Morgan fingerprint density at radius 2 is 2.00 bits per heavy atom. The highest BCUT2D eigenvalue weighted by Crippen LogP contribution is 2.22. The largest absolute Gasteiger partial charge is 0.496 e. The van der Waals surface area contributed by atoms with Crippen LogP contribution in [-0.2, 0) is 12.1 Å². The zero-order chi connectivity index (χ0) is 18.2. The first-order valence-electron chi connectivity index (χ1n) is 8.13. The van der Waals surface area contributed by atoms with Gasteiger partial charge in [0.25, 0.3) is 5.56 Å². The lowest BCUT2D eigenvalue weighted by atomic mass is 10.1. The number of H-pyrrole nitrogens is 1. The maximum absolute atomic E-state index is 12.4. The van der Waals surface area contributed by atoms with Gasteiger partial charge < -0.3 is 9.64 Å². The van der Waals surface area contributed by atoms with Crippen LogP contribution in [0.3, 0.4) is 0 Å². The van der Waals surface area contributed by atoms with E-state index in [4.69, 9.17) is 4.74 Å². The van der Waals surface area contributed by atoms with Crippen LogP contribution in [-0.4, -0.2) is 33.9 Å². The van der Waals surface area contributed by atoms with E-state index >= 15 is 0 Å². The minimum absolute atomic E-state index is 0.192. The third-order valence-corrected chi connectivity index (χ3v) is 4.02. The molecular weight excluding hydrogens is 318 g/mol. The molecule has 0 aliphatic carbocycles. The Bertz CT molecular complexity index is 952. The van der Waals surface area contributed by atoms with Gasteiger partial charge in [0.1, 0.15) is 11.1 Å². The minimum Gasteiger partial charge on any atom is -0.496 e. The summed E-state index contributed by atoms with van der Waals surface area (Å²) in [7, 11) is 3.53. The number of nitrogens with one attached hydrogen (secondary N) is 1. The molecule has 0 bridgehead atoms. The molecular formula is C18H23N5O2. The molecule has 0 aliphatic rings. The van der Waals surface area contributed by atoms with Crippen molar-refractivity contribution in [2.45, 2.75) is 32.9 Å². The molecule has 7 nitrogen and oxygen atoms in total. The fourth-order valence-corrected chi connectivity index (χ4v) is 2.74. The minimum atomic E-state index is -0.263. The predicted molar refractivity (Wildman–Crippen MR) is 98.2 cm³/mol. The maximum atomic E-state index is 12.4. The number of anilines is 1. The molecule has 7 heteroatoms. The Hall–Kier alpha value is -2.83. The number of hydrogen-bond acceptors (Lipinski definition) is 5. The molecule has 0 radical (unpaired) electrons. The normalized spacial score (nSPS) is 11.7. The first-order valence-corrected chi connectivity index (χ1v) is 8.13. The molecule has 0 amide bonds. The number of ether oxygens (including phenoxy) is 1. The SMILES string of the molecule is COc1ccccc1CN(C)c1nc2c(cnn2C(C)(C)C)c(=O)[nH]1. The molecule has 1 N–H and O–H groups in total. The van der Waals surface area contributed by atoms with Gasteiger partial charge in [-0.25, -0.2) is 4.68 Å². The van der Waals surface area contributed by atoms with Crippen LogP contribution in [0.1, 0.15) is 26.3 Å².